The average Bonchev–Trinajstić information content (AvgIpc) is 2.68. The molecule has 0 aliphatic rings. The topological polar surface area (TPSA) is 66.9 Å². The Kier molecular flexibility index (Phi) is 5.93. The summed E-state index contributed by atoms with van der Waals surface area (Å²) in [5.74, 6) is -0.425. The molecular weight excluding hydrogens is 362 g/mol. The third kappa shape index (κ3) is 4.88. The maximum absolute atomic E-state index is 14.0. The Labute approximate surface area is 161 Å². The molecule has 0 fully saturated rings. The Morgan fingerprint density at radius 2 is 1.93 bits per heavy atom. The zero-order valence-corrected chi connectivity index (χ0v) is 15.5. The summed E-state index contributed by atoms with van der Waals surface area (Å²) in [6.45, 7) is 4.89. The lowest BCUT2D eigenvalue weighted by atomic mass is 10.1. The number of hydrogen-bond acceptors (Lipinski definition) is 4. The SMILES string of the molecule is CC(C)CNc1cc(C(=O)Nc2cncc(-c3cc(F)ccc3F)c2)ccn1. The Morgan fingerprint density at radius 3 is 2.71 bits per heavy atom. The second kappa shape index (κ2) is 8.56. The maximum atomic E-state index is 14.0. The number of aromatic nitrogens is 2. The van der Waals surface area contributed by atoms with Gasteiger partial charge in [0.2, 0.25) is 0 Å². The standard InChI is InChI=1S/C21H20F2N4O/c1-13(2)10-26-20-8-14(5-6-25-20)21(28)27-17-7-15(11-24-12-17)18-9-16(22)3-4-19(18)23/h3-9,11-13H,10H2,1-2H3,(H,25,26)(H,27,28). The second-order valence-electron chi connectivity index (χ2n) is 6.75. The monoisotopic (exact) mass is 382 g/mol. The first-order valence-electron chi connectivity index (χ1n) is 8.84. The van der Waals surface area contributed by atoms with Crippen molar-refractivity contribution in [3.05, 3.63) is 72.2 Å². The fourth-order valence-corrected chi connectivity index (χ4v) is 2.55. The van der Waals surface area contributed by atoms with Crippen LogP contribution in [0, 0.1) is 17.6 Å². The van der Waals surface area contributed by atoms with Crippen LogP contribution in [0.1, 0.15) is 24.2 Å². The van der Waals surface area contributed by atoms with Gasteiger partial charge < -0.3 is 10.6 Å². The molecule has 0 unspecified atom stereocenters. The lowest BCUT2D eigenvalue weighted by Gasteiger charge is -2.10. The number of nitrogens with one attached hydrogen (secondary N) is 2. The number of rotatable bonds is 6. The molecule has 5 nitrogen and oxygen atoms in total. The fraction of sp³-hybridized carbons (Fsp3) is 0.190. The molecule has 0 saturated carbocycles. The molecular formula is C21H20F2N4O. The van der Waals surface area contributed by atoms with E-state index in [-0.39, 0.29) is 11.5 Å². The summed E-state index contributed by atoms with van der Waals surface area (Å²) >= 11 is 0. The van der Waals surface area contributed by atoms with E-state index in [4.69, 9.17) is 0 Å². The van der Waals surface area contributed by atoms with Crippen LogP contribution in [0.4, 0.5) is 20.3 Å². The molecule has 144 valence electrons. The van der Waals surface area contributed by atoms with Gasteiger partial charge in [-0.2, -0.15) is 0 Å². The van der Waals surface area contributed by atoms with Crippen LogP contribution in [0.25, 0.3) is 11.1 Å². The van der Waals surface area contributed by atoms with E-state index in [1.807, 2.05) is 0 Å². The largest absolute Gasteiger partial charge is 0.370 e. The van der Waals surface area contributed by atoms with Crippen molar-refractivity contribution in [3.8, 4) is 11.1 Å². The predicted octanol–water partition coefficient (Wildman–Crippen LogP) is 4.74. The third-order valence-electron chi connectivity index (χ3n) is 3.95. The number of carbonyl (C=O) groups is 1. The van der Waals surface area contributed by atoms with E-state index in [0.29, 0.717) is 28.6 Å². The van der Waals surface area contributed by atoms with Gasteiger partial charge >= 0.3 is 0 Å². The number of amides is 1. The van der Waals surface area contributed by atoms with Gasteiger partial charge in [0.15, 0.2) is 0 Å². The Balaban J connectivity index is 1.78. The van der Waals surface area contributed by atoms with Gasteiger partial charge in [-0.15, -0.1) is 0 Å². The molecule has 0 aliphatic carbocycles. The van der Waals surface area contributed by atoms with Gasteiger partial charge in [-0.05, 0) is 42.3 Å². The van der Waals surface area contributed by atoms with Gasteiger partial charge in [0.05, 0.1) is 11.9 Å². The van der Waals surface area contributed by atoms with E-state index < -0.39 is 11.6 Å². The van der Waals surface area contributed by atoms with Crippen molar-refractivity contribution in [1.82, 2.24) is 9.97 Å². The average molecular weight is 382 g/mol. The first-order chi connectivity index (χ1) is 13.4. The van der Waals surface area contributed by atoms with Gasteiger partial charge in [-0.3, -0.25) is 9.78 Å². The van der Waals surface area contributed by atoms with Crippen LogP contribution >= 0.6 is 0 Å². The molecule has 0 saturated heterocycles. The summed E-state index contributed by atoms with van der Waals surface area (Å²) in [6, 6.07) is 7.99. The molecule has 1 amide bonds. The number of pyridine rings is 2. The number of carbonyl (C=O) groups excluding carboxylic acids is 1. The second-order valence-corrected chi connectivity index (χ2v) is 6.75. The van der Waals surface area contributed by atoms with Crippen molar-refractivity contribution in [1.29, 1.82) is 0 Å². The Bertz CT molecular complexity index is 992. The van der Waals surface area contributed by atoms with E-state index in [0.717, 1.165) is 24.7 Å². The van der Waals surface area contributed by atoms with E-state index >= 15 is 0 Å². The molecule has 2 N–H and O–H groups in total. The van der Waals surface area contributed by atoms with Crippen LogP contribution in [0.5, 0.6) is 0 Å². The normalized spacial score (nSPS) is 10.8. The first kappa shape index (κ1) is 19.4. The van der Waals surface area contributed by atoms with Crippen LogP contribution in [0.15, 0.2) is 55.0 Å². The number of halogens is 2. The fourth-order valence-electron chi connectivity index (χ4n) is 2.55. The van der Waals surface area contributed by atoms with E-state index in [9.17, 15) is 13.6 Å². The quantitative estimate of drug-likeness (QED) is 0.646. The molecule has 28 heavy (non-hydrogen) atoms. The van der Waals surface area contributed by atoms with Crippen molar-refractivity contribution in [2.75, 3.05) is 17.2 Å². The zero-order chi connectivity index (χ0) is 20.1. The van der Waals surface area contributed by atoms with Crippen molar-refractivity contribution >= 4 is 17.4 Å². The van der Waals surface area contributed by atoms with Crippen LogP contribution in [0.3, 0.4) is 0 Å². The summed E-state index contributed by atoms with van der Waals surface area (Å²) in [7, 11) is 0. The first-order valence-corrected chi connectivity index (χ1v) is 8.84. The number of benzene rings is 1. The molecule has 2 aromatic heterocycles. The molecule has 3 aromatic rings. The third-order valence-corrected chi connectivity index (χ3v) is 3.95. The van der Waals surface area contributed by atoms with Gasteiger partial charge in [-0.1, -0.05) is 13.8 Å². The molecule has 0 aliphatic heterocycles. The van der Waals surface area contributed by atoms with E-state index in [1.54, 1.807) is 24.4 Å². The van der Waals surface area contributed by atoms with Crippen molar-refractivity contribution in [2.24, 2.45) is 5.92 Å². The minimum absolute atomic E-state index is 0.0766. The highest BCUT2D eigenvalue weighted by atomic mass is 19.1. The number of nitrogens with zero attached hydrogens (tertiary/aromatic N) is 2. The number of anilines is 2. The summed E-state index contributed by atoms with van der Waals surface area (Å²) in [4.78, 5) is 20.8. The van der Waals surface area contributed by atoms with E-state index in [2.05, 4.69) is 34.4 Å². The van der Waals surface area contributed by atoms with Crippen molar-refractivity contribution in [3.63, 3.8) is 0 Å². The molecule has 0 radical (unpaired) electrons. The highest BCUT2D eigenvalue weighted by Gasteiger charge is 2.11. The highest BCUT2D eigenvalue weighted by Crippen LogP contribution is 2.25. The molecule has 3 rings (SSSR count). The predicted molar refractivity (Wildman–Crippen MR) is 105 cm³/mol. The summed E-state index contributed by atoms with van der Waals surface area (Å²) < 4.78 is 27.4. The minimum Gasteiger partial charge on any atom is -0.370 e. The lowest BCUT2D eigenvalue weighted by Crippen LogP contribution is -2.14. The minimum atomic E-state index is -0.568. The van der Waals surface area contributed by atoms with Gasteiger partial charge in [0, 0.05) is 35.6 Å². The van der Waals surface area contributed by atoms with E-state index in [1.165, 1.54) is 12.4 Å². The molecule has 1 aromatic carbocycles. The smallest absolute Gasteiger partial charge is 0.255 e. The van der Waals surface area contributed by atoms with Crippen LogP contribution in [-0.2, 0) is 0 Å². The van der Waals surface area contributed by atoms with Crippen molar-refractivity contribution < 1.29 is 13.6 Å². The lowest BCUT2D eigenvalue weighted by molar-refractivity contribution is 0.102. The molecule has 0 spiro atoms. The van der Waals surface area contributed by atoms with Gasteiger partial charge in [0.1, 0.15) is 17.5 Å². The molecule has 0 atom stereocenters. The van der Waals surface area contributed by atoms with Crippen molar-refractivity contribution in [2.45, 2.75) is 13.8 Å². The molecule has 2 heterocycles. The van der Waals surface area contributed by atoms with Gasteiger partial charge in [0.25, 0.3) is 5.91 Å². The number of hydrogen-bond donors (Lipinski definition) is 2. The van der Waals surface area contributed by atoms with Crippen LogP contribution < -0.4 is 10.6 Å². The van der Waals surface area contributed by atoms with Crippen LogP contribution in [0.2, 0.25) is 0 Å². The maximum Gasteiger partial charge on any atom is 0.255 e. The Hall–Kier alpha value is -3.35. The zero-order valence-electron chi connectivity index (χ0n) is 15.5. The highest BCUT2D eigenvalue weighted by molar-refractivity contribution is 6.04. The molecule has 0 bridgehead atoms. The summed E-state index contributed by atoms with van der Waals surface area (Å²) in [5.41, 5.74) is 1.24. The molecule has 7 heteroatoms. The van der Waals surface area contributed by atoms with Crippen LogP contribution in [-0.4, -0.2) is 22.4 Å². The van der Waals surface area contributed by atoms with Gasteiger partial charge in [-0.25, -0.2) is 13.8 Å². The summed E-state index contributed by atoms with van der Waals surface area (Å²) in [6.07, 6.45) is 4.40. The summed E-state index contributed by atoms with van der Waals surface area (Å²) in [5, 5.41) is 5.89. The Morgan fingerprint density at radius 1 is 1.11 bits per heavy atom.